The van der Waals surface area contributed by atoms with Gasteiger partial charge in [0, 0.05) is 17.6 Å². The summed E-state index contributed by atoms with van der Waals surface area (Å²) in [5.74, 6) is -5.59. The van der Waals surface area contributed by atoms with Gasteiger partial charge in [-0.15, -0.1) is 0 Å². The standard InChI is InChI=1S/C18H14O8.C13H21NO3/c19-15(20)13(25-17(23)11-7-3-1-4-8-11)14(16(21)22)26-18(24)12-9-5-2-6-10-12;1-13(2,3)14-7-12(17)9-4-5-11(16)10(6-9)8-15/h1-10,13-14H,(H,19,20)(H,21,22);4-6,12,14-17H,7-8H2,1-3H3. The van der Waals surface area contributed by atoms with Crippen LogP contribution in [0.15, 0.2) is 78.9 Å². The molecule has 3 aromatic carbocycles. The predicted octanol–water partition coefficient (Wildman–Crippen LogP) is 2.91. The van der Waals surface area contributed by atoms with E-state index in [0.717, 1.165) is 0 Å². The predicted molar refractivity (Wildman–Crippen MR) is 153 cm³/mol. The Hall–Kier alpha value is -4.78. The van der Waals surface area contributed by atoms with Crippen LogP contribution in [-0.2, 0) is 25.7 Å². The minimum atomic E-state index is -2.21. The Bertz CT molecular complexity index is 1300. The third kappa shape index (κ3) is 11.2. The summed E-state index contributed by atoms with van der Waals surface area (Å²) in [5, 5.41) is 50.1. The molecular formula is C31H35NO11. The summed E-state index contributed by atoms with van der Waals surface area (Å²) in [6.45, 7) is 6.26. The fraction of sp³-hybridized carbons (Fsp3) is 0.290. The largest absolute Gasteiger partial charge is 0.508 e. The van der Waals surface area contributed by atoms with Crippen LogP contribution in [0.2, 0.25) is 0 Å². The second kappa shape index (κ2) is 16.0. The minimum absolute atomic E-state index is 0.0253. The van der Waals surface area contributed by atoms with Crippen LogP contribution in [0.3, 0.4) is 0 Å². The Kier molecular flexibility index (Phi) is 12.8. The molecule has 0 fully saturated rings. The van der Waals surface area contributed by atoms with Crippen LogP contribution < -0.4 is 5.32 Å². The highest BCUT2D eigenvalue weighted by Gasteiger charge is 2.41. The number of carboxylic acids is 2. The van der Waals surface area contributed by atoms with Crippen molar-refractivity contribution < 1.29 is 54.2 Å². The smallest absolute Gasteiger partial charge is 0.349 e. The molecule has 12 nitrogen and oxygen atoms in total. The number of ether oxygens (including phenoxy) is 2. The maximum atomic E-state index is 12.0. The number of benzene rings is 3. The van der Waals surface area contributed by atoms with Crippen LogP contribution >= 0.6 is 0 Å². The number of nitrogens with one attached hydrogen (secondary N) is 1. The van der Waals surface area contributed by atoms with E-state index >= 15 is 0 Å². The fourth-order valence-corrected chi connectivity index (χ4v) is 3.46. The summed E-state index contributed by atoms with van der Waals surface area (Å²) in [6, 6.07) is 19.6. The van der Waals surface area contributed by atoms with Crippen LogP contribution in [0, 0.1) is 0 Å². The van der Waals surface area contributed by atoms with Crippen LogP contribution in [0.1, 0.15) is 58.7 Å². The van der Waals surface area contributed by atoms with Crippen molar-refractivity contribution in [3.63, 3.8) is 0 Å². The van der Waals surface area contributed by atoms with Crippen molar-refractivity contribution in [1.82, 2.24) is 5.32 Å². The molecule has 0 saturated carbocycles. The number of carboxylic acid groups (broad SMARTS) is 2. The van der Waals surface area contributed by atoms with Gasteiger partial charge in [-0.05, 0) is 62.7 Å². The van der Waals surface area contributed by atoms with Gasteiger partial charge >= 0.3 is 23.9 Å². The number of carbonyl (C=O) groups is 4. The fourth-order valence-electron chi connectivity index (χ4n) is 3.46. The molecule has 0 aliphatic carbocycles. The number of aliphatic carboxylic acids is 2. The number of aliphatic hydroxyl groups is 2. The summed E-state index contributed by atoms with van der Waals surface area (Å²) < 4.78 is 9.52. The first-order valence-electron chi connectivity index (χ1n) is 13.1. The monoisotopic (exact) mass is 597 g/mol. The molecule has 3 aromatic rings. The molecule has 6 N–H and O–H groups in total. The Balaban J connectivity index is 0.000000329. The number of β-amino-alcohol motifs (C(OH)–C–C–N with tert-alkyl or cyclic N) is 1. The first kappa shape index (κ1) is 34.4. The van der Waals surface area contributed by atoms with Gasteiger partial charge in [0.05, 0.1) is 23.8 Å². The van der Waals surface area contributed by atoms with Crippen molar-refractivity contribution in [2.24, 2.45) is 0 Å². The number of phenols is 1. The van der Waals surface area contributed by atoms with E-state index < -0.39 is 42.2 Å². The van der Waals surface area contributed by atoms with Crippen molar-refractivity contribution in [3.05, 3.63) is 101 Å². The van der Waals surface area contributed by atoms with Gasteiger partial charge in [0.2, 0.25) is 12.2 Å². The first-order valence-corrected chi connectivity index (χ1v) is 13.1. The number of esters is 2. The Labute approximate surface area is 248 Å². The third-order valence-corrected chi connectivity index (χ3v) is 5.73. The van der Waals surface area contributed by atoms with Gasteiger partial charge in [0.15, 0.2) is 0 Å². The van der Waals surface area contributed by atoms with Gasteiger partial charge < -0.3 is 40.3 Å². The topological polar surface area (TPSA) is 200 Å². The highest BCUT2D eigenvalue weighted by Crippen LogP contribution is 2.22. The molecule has 12 heteroatoms. The van der Waals surface area contributed by atoms with E-state index in [-0.39, 0.29) is 29.0 Å². The average Bonchev–Trinajstić information content (AvgIpc) is 2.98. The van der Waals surface area contributed by atoms with E-state index in [1.807, 2.05) is 20.8 Å². The van der Waals surface area contributed by atoms with Crippen molar-refractivity contribution in [1.29, 1.82) is 0 Å². The van der Waals surface area contributed by atoms with E-state index in [2.05, 4.69) is 5.32 Å². The molecule has 0 aliphatic heterocycles. The van der Waals surface area contributed by atoms with E-state index in [9.17, 15) is 39.6 Å². The normalized spacial score (nSPS) is 13.0. The maximum Gasteiger partial charge on any atom is 0.349 e. The van der Waals surface area contributed by atoms with Crippen LogP contribution in [0.4, 0.5) is 0 Å². The highest BCUT2D eigenvalue weighted by molar-refractivity contribution is 5.95. The van der Waals surface area contributed by atoms with E-state index in [1.165, 1.54) is 54.6 Å². The lowest BCUT2D eigenvalue weighted by molar-refractivity contribution is -0.166. The molecule has 3 unspecified atom stereocenters. The van der Waals surface area contributed by atoms with Gasteiger partial charge in [-0.3, -0.25) is 0 Å². The van der Waals surface area contributed by atoms with Crippen LogP contribution in [0.5, 0.6) is 5.75 Å². The van der Waals surface area contributed by atoms with Gasteiger partial charge in [0.1, 0.15) is 5.75 Å². The zero-order valence-electron chi connectivity index (χ0n) is 23.8. The minimum Gasteiger partial charge on any atom is -0.508 e. The molecule has 0 amide bonds. The van der Waals surface area contributed by atoms with Crippen molar-refractivity contribution in [2.45, 2.75) is 51.2 Å². The molecule has 230 valence electrons. The lowest BCUT2D eigenvalue weighted by Crippen LogP contribution is -2.45. The zero-order valence-corrected chi connectivity index (χ0v) is 23.8. The number of hydrogen-bond donors (Lipinski definition) is 6. The number of hydrogen-bond acceptors (Lipinski definition) is 10. The Morgan fingerprint density at radius 1 is 0.767 bits per heavy atom. The lowest BCUT2D eigenvalue weighted by Gasteiger charge is -2.23. The summed E-state index contributed by atoms with van der Waals surface area (Å²) in [5.41, 5.74) is 1.10. The molecule has 43 heavy (non-hydrogen) atoms. The molecule has 0 aliphatic rings. The Morgan fingerprint density at radius 3 is 1.58 bits per heavy atom. The van der Waals surface area contributed by atoms with Crippen LogP contribution in [-0.4, -0.2) is 73.7 Å². The second-order valence-corrected chi connectivity index (χ2v) is 10.3. The molecule has 0 radical (unpaired) electrons. The van der Waals surface area contributed by atoms with Gasteiger partial charge in [-0.1, -0.05) is 42.5 Å². The van der Waals surface area contributed by atoms with E-state index in [4.69, 9.17) is 14.6 Å². The molecular weight excluding hydrogens is 562 g/mol. The SMILES string of the molecule is CC(C)(C)NCC(O)c1ccc(O)c(CO)c1.O=C(OC(C(=O)O)C(OC(=O)c1ccccc1)C(=O)O)c1ccccc1. The zero-order chi connectivity index (χ0) is 32.2. The number of aromatic hydroxyl groups is 1. The molecule has 0 heterocycles. The number of aliphatic hydroxyl groups excluding tert-OH is 2. The summed E-state index contributed by atoms with van der Waals surface area (Å²) in [7, 11) is 0. The first-order chi connectivity index (χ1) is 20.2. The summed E-state index contributed by atoms with van der Waals surface area (Å²) >= 11 is 0. The quantitative estimate of drug-likeness (QED) is 0.177. The van der Waals surface area contributed by atoms with Crippen LogP contribution in [0.25, 0.3) is 0 Å². The molecule has 0 spiro atoms. The highest BCUT2D eigenvalue weighted by atomic mass is 16.6. The van der Waals surface area contributed by atoms with E-state index in [1.54, 1.807) is 24.3 Å². The number of rotatable bonds is 11. The molecule has 3 atom stereocenters. The molecule has 3 rings (SSSR count). The molecule has 0 saturated heterocycles. The number of carbonyl (C=O) groups excluding carboxylic acids is 2. The van der Waals surface area contributed by atoms with Gasteiger partial charge in [-0.2, -0.15) is 0 Å². The third-order valence-electron chi connectivity index (χ3n) is 5.73. The summed E-state index contributed by atoms with van der Waals surface area (Å²) in [6.07, 6.45) is -5.08. The summed E-state index contributed by atoms with van der Waals surface area (Å²) in [4.78, 5) is 46.8. The Morgan fingerprint density at radius 2 is 1.21 bits per heavy atom. The van der Waals surface area contributed by atoms with Gasteiger partial charge in [0.25, 0.3) is 0 Å². The second-order valence-electron chi connectivity index (χ2n) is 10.3. The van der Waals surface area contributed by atoms with Gasteiger partial charge in [-0.25, -0.2) is 19.2 Å². The van der Waals surface area contributed by atoms with Crippen molar-refractivity contribution in [3.8, 4) is 5.75 Å². The maximum absolute atomic E-state index is 12.0. The molecule has 0 aromatic heterocycles. The van der Waals surface area contributed by atoms with Crippen molar-refractivity contribution in [2.75, 3.05) is 6.54 Å². The van der Waals surface area contributed by atoms with Crippen molar-refractivity contribution >= 4 is 23.9 Å². The molecule has 0 bridgehead atoms. The van der Waals surface area contributed by atoms with E-state index in [0.29, 0.717) is 17.7 Å². The average molecular weight is 598 g/mol. The lowest BCUT2D eigenvalue weighted by atomic mass is 10.0.